The monoisotopic (exact) mass is 406 g/mol. The van der Waals surface area contributed by atoms with E-state index in [1.165, 1.54) is 6.39 Å². The van der Waals surface area contributed by atoms with Crippen LogP contribution in [0, 0.1) is 3.57 Å². The second-order valence-electron chi connectivity index (χ2n) is 4.49. The maximum atomic E-state index is 12.0. The van der Waals surface area contributed by atoms with Gasteiger partial charge in [-0.3, -0.25) is 4.79 Å². The van der Waals surface area contributed by atoms with Crippen LogP contribution in [0.3, 0.4) is 0 Å². The van der Waals surface area contributed by atoms with Crippen molar-refractivity contribution in [2.45, 2.75) is 0 Å². The molecule has 0 saturated heterocycles. The second-order valence-corrected chi connectivity index (χ2v) is 5.73. The summed E-state index contributed by atoms with van der Waals surface area (Å²) < 4.78 is 11.7. The lowest BCUT2D eigenvalue weighted by Gasteiger charge is -2.06. The van der Waals surface area contributed by atoms with E-state index in [4.69, 9.17) is 9.15 Å². The average molecular weight is 406 g/mol. The molecule has 0 aliphatic heterocycles. The third kappa shape index (κ3) is 3.51. The number of hydrogen-bond acceptors (Lipinski definition) is 5. The molecule has 0 aliphatic rings. The van der Waals surface area contributed by atoms with Crippen molar-refractivity contribution in [3.63, 3.8) is 0 Å². The van der Waals surface area contributed by atoms with Crippen LogP contribution in [-0.2, 0) is 0 Å². The third-order valence-corrected chi connectivity index (χ3v) is 3.72. The zero-order valence-corrected chi connectivity index (χ0v) is 13.6. The van der Waals surface area contributed by atoms with Gasteiger partial charge in [-0.05, 0) is 59.0 Å². The Labute approximate surface area is 140 Å². The molecule has 22 heavy (non-hydrogen) atoms. The van der Waals surface area contributed by atoms with Crippen molar-refractivity contribution in [3.05, 3.63) is 64.1 Å². The summed E-state index contributed by atoms with van der Waals surface area (Å²) >= 11 is 2.20. The highest BCUT2D eigenvalue weighted by Gasteiger charge is 2.08. The van der Waals surface area contributed by atoms with E-state index in [1.54, 1.807) is 36.4 Å². The highest BCUT2D eigenvalue weighted by atomic mass is 127. The molecule has 3 aromatic rings. The van der Waals surface area contributed by atoms with Gasteiger partial charge in [-0.1, -0.05) is 12.1 Å². The SMILES string of the molecule is O=C(COc1ccc(-c2nnco2)cc1)c1ccc(I)cc1. The number of benzene rings is 2. The standard InChI is InChI=1S/C16H11IN2O3/c17-13-5-1-11(2-6-13)15(20)9-21-14-7-3-12(4-8-14)16-19-18-10-22-16/h1-8,10H,9H2. The molecule has 0 bridgehead atoms. The zero-order valence-electron chi connectivity index (χ0n) is 11.4. The maximum Gasteiger partial charge on any atom is 0.247 e. The summed E-state index contributed by atoms with van der Waals surface area (Å²) in [7, 11) is 0. The summed E-state index contributed by atoms with van der Waals surface area (Å²) in [5, 5.41) is 7.45. The molecule has 0 amide bonds. The number of aromatic nitrogens is 2. The van der Waals surface area contributed by atoms with E-state index in [2.05, 4.69) is 32.8 Å². The number of hydrogen-bond donors (Lipinski definition) is 0. The van der Waals surface area contributed by atoms with Crippen LogP contribution in [0.15, 0.2) is 59.3 Å². The van der Waals surface area contributed by atoms with Gasteiger partial charge in [-0.15, -0.1) is 10.2 Å². The Morgan fingerprint density at radius 1 is 1.09 bits per heavy atom. The van der Waals surface area contributed by atoms with Crippen molar-refractivity contribution >= 4 is 28.4 Å². The van der Waals surface area contributed by atoms with E-state index in [-0.39, 0.29) is 12.4 Å². The Morgan fingerprint density at radius 2 is 1.82 bits per heavy atom. The molecule has 2 aromatic carbocycles. The first-order chi connectivity index (χ1) is 10.7. The molecule has 0 spiro atoms. The van der Waals surface area contributed by atoms with Gasteiger partial charge in [0, 0.05) is 14.7 Å². The van der Waals surface area contributed by atoms with Crippen molar-refractivity contribution in [1.29, 1.82) is 0 Å². The van der Waals surface area contributed by atoms with Gasteiger partial charge < -0.3 is 9.15 Å². The Kier molecular flexibility index (Phi) is 4.47. The van der Waals surface area contributed by atoms with Gasteiger partial charge in [-0.25, -0.2) is 0 Å². The molecule has 0 radical (unpaired) electrons. The molecule has 0 fully saturated rings. The molecule has 1 heterocycles. The first kappa shape index (κ1) is 14.7. The van der Waals surface area contributed by atoms with E-state index in [0.717, 1.165) is 9.13 Å². The Hall–Kier alpha value is -2.22. The van der Waals surface area contributed by atoms with Gasteiger partial charge in [0.2, 0.25) is 12.3 Å². The number of halogens is 1. The Balaban J connectivity index is 1.61. The lowest BCUT2D eigenvalue weighted by atomic mass is 10.1. The highest BCUT2D eigenvalue weighted by molar-refractivity contribution is 14.1. The first-order valence-corrected chi connectivity index (χ1v) is 7.58. The lowest BCUT2D eigenvalue weighted by Crippen LogP contribution is -2.11. The number of rotatable bonds is 5. The number of Topliss-reactive ketones (excluding diaryl/α,β-unsaturated/α-hetero) is 1. The van der Waals surface area contributed by atoms with Crippen LogP contribution >= 0.6 is 22.6 Å². The molecule has 3 rings (SSSR count). The van der Waals surface area contributed by atoms with Crippen molar-refractivity contribution in [2.24, 2.45) is 0 Å². The summed E-state index contributed by atoms with van der Waals surface area (Å²) in [6.07, 6.45) is 1.28. The van der Waals surface area contributed by atoms with Crippen LogP contribution in [0.2, 0.25) is 0 Å². The lowest BCUT2D eigenvalue weighted by molar-refractivity contribution is 0.0921. The van der Waals surface area contributed by atoms with Crippen molar-refractivity contribution in [3.8, 4) is 17.2 Å². The van der Waals surface area contributed by atoms with E-state index < -0.39 is 0 Å². The van der Waals surface area contributed by atoms with Crippen LogP contribution in [0.1, 0.15) is 10.4 Å². The molecule has 0 aliphatic carbocycles. The molecular formula is C16H11IN2O3. The zero-order chi connectivity index (χ0) is 15.4. The van der Waals surface area contributed by atoms with Crippen molar-refractivity contribution in [2.75, 3.05) is 6.61 Å². The molecule has 0 saturated carbocycles. The van der Waals surface area contributed by atoms with E-state index >= 15 is 0 Å². The smallest absolute Gasteiger partial charge is 0.247 e. The second kappa shape index (κ2) is 6.69. The van der Waals surface area contributed by atoms with Gasteiger partial charge in [-0.2, -0.15) is 0 Å². The largest absolute Gasteiger partial charge is 0.485 e. The summed E-state index contributed by atoms with van der Waals surface area (Å²) in [4.78, 5) is 12.0. The van der Waals surface area contributed by atoms with Gasteiger partial charge in [0.15, 0.2) is 12.4 Å². The molecule has 110 valence electrons. The molecule has 1 aromatic heterocycles. The molecule has 0 unspecified atom stereocenters. The summed E-state index contributed by atoms with van der Waals surface area (Å²) in [6.45, 7) is 0.000493. The molecule has 6 heteroatoms. The number of ether oxygens (including phenoxy) is 1. The predicted octanol–water partition coefficient (Wildman–Crippen LogP) is 3.60. The third-order valence-electron chi connectivity index (χ3n) is 3.00. The highest BCUT2D eigenvalue weighted by Crippen LogP contribution is 2.20. The average Bonchev–Trinajstić information content (AvgIpc) is 3.08. The number of carbonyl (C=O) groups is 1. The molecule has 0 N–H and O–H groups in total. The molecular weight excluding hydrogens is 395 g/mol. The summed E-state index contributed by atoms with van der Waals surface area (Å²) in [5.74, 6) is 1.00. The van der Waals surface area contributed by atoms with Crippen LogP contribution in [0.25, 0.3) is 11.5 Å². The Morgan fingerprint density at radius 3 is 2.45 bits per heavy atom. The number of nitrogens with zero attached hydrogens (tertiary/aromatic N) is 2. The van der Waals surface area contributed by atoms with E-state index in [1.807, 2.05) is 12.1 Å². The maximum absolute atomic E-state index is 12.0. The fourth-order valence-electron chi connectivity index (χ4n) is 1.86. The topological polar surface area (TPSA) is 65.2 Å². The van der Waals surface area contributed by atoms with Crippen LogP contribution in [0.4, 0.5) is 0 Å². The quantitative estimate of drug-likeness (QED) is 0.479. The number of carbonyl (C=O) groups excluding carboxylic acids is 1. The van der Waals surface area contributed by atoms with Crippen LogP contribution < -0.4 is 4.74 Å². The van der Waals surface area contributed by atoms with E-state index in [0.29, 0.717) is 17.2 Å². The van der Waals surface area contributed by atoms with Gasteiger partial charge >= 0.3 is 0 Å². The predicted molar refractivity (Wildman–Crippen MR) is 88.7 cm³/mol. The van der Waals surface area contributed by atoms with Crippen LogP contribution in [-0.4, -0.2) is 22.6 Å². The fourth-order valence-corrected chi connectivity index (χ4v) is 2.22. The number of ketones is 1. The fraction of sp³-hybridized carbons (Fsp3) is 0.0625. The minimum Gasteiger partial charge on any atom is -0.485 e. The van der Waals surface area contributed by atoms with Crippen molar-refractivity contribution in [1.82, 2.24) is 10.2 Å². The summed E-state index contributed by atoms with van der Waals surface area (Å²) in [5.41, 5.74) is 1.44. The first-order valence-electron chi connectivity index (χ1n) is 6.50. The Bertz CT molecular complexity index is 753. The molecule has 5 nitrogen and oxygen atoms in total. The summed E-state index contributed by atoms with van der Waals surface area (Å²) in [6, 6.07) is 14.5. The van der Waals surface area contributed by atoms with Gasteiger partial charge in [0.1, 0.15) is 5.75 Å². The minimum atomic E-state index is -0.0580. The normalized spacial score (nSPS) is 10.4. The minimum absolute atomic E-state index is 0.000493. The van der Waals surface area contributed by atoms with Gasteiger partial charge in [0.05, 0.1) is 0 Å². The van der Waals surface area contributed by atoms with Crippen molar-refractivity contribution < 1.29 is 13.9 Å². The molecule has 0 atom stereocenters. The van der Waals surface area contributed by atoms with Crippen LogP contribution in [0.5, 0.6) is 5.75 Å². The van der Waals surface area contributed by atoms with Gasteiger partial charge in [0.25, 0.3) is 0 Å². The van der Waals surface area contributed by atoms with E-state index in [9.17, 15) is 4.79 Å².